The summed E-state index contributed by atoms with van der Waals surface area (Å²) in [6.45, 7) is 1.99. The maximum atomic E-state index is 12.9. The number of ether oxygens (including phenoxy) is 1. The van der Waals surface area contributed by atoms with Gasteiger partial charge in [0, 0.05) is 25.3 Å². The number of carbonyl (C=O) groups excluding carboxylic acids is 1. The fourth-order valence-corrected chi connectivity index (χ4v) is 4.59. The van der Waals surface area contributed by atoms with Gasteiger partial charge in [0.2, 0.25) is 0 Å². The second kappa shape index (κ2) is 6.90. The number of carbonyl (C=O) groups is 1. The Morgan fingerprint density at radius 3 is 2.80 bits per heavy atom. The molecule has 0 bridgehead atoms. The molecule has 2 fully saturated rings. The number of benzene rings is 1. The Balaban J connectivity index is 1.47. The summed E-state index contributed by atoms with van der Waals surface area (Å²) in [5.74, 6) is 0.0669. The second-order valence-electron chi connectivity index (χ2n) is 6.96. The summed E-state index contributed by atoms with van der Waals surface area (Å²) in [4.78, 5) is 14.8. The monoisotopic (exact) mass is 357 g/mol. The summed E-state index contributed by atoms with van der Waals surface area (Å²) in [5, 5.41) is 14.5. The van der Waals surface area contributed by atoms with Crippen LogP contribution in [-0.2, 0) is 4.74 Å². The van der Waals surface area contributed by atoms with E-state index in [2.05, 4.69) is 11.4 Å². The Morgan fingerprint density at radius 2 is 2.08 bits per heavy atom. The molecule has 2 aliphatic heterocycles. The number of rotatable bonds is 2. The molecular weight excluding hydrogens is 334 g/mol. The van der Waals surface area contributed by atoms with Gasteiger partial charge in [-0.15, -0.1) is 0 Å². The number of hydrogen-bond acceptors (Lipinski definition) is 4. The number of hydrogen-bond donors (Lipinski definition) is 1. The Bertz CT molecular complexity index is 735. The number of aliphatic hydroxyl groups excluding tert-OH is 1. The number of piperidine rings is 1. The van der Waals surface area contributed by atoms with Gasteiger partial charge in [-0.1, -0.05) is 12.1 Å². The summed E-state index contributed by atoms with van der Waals surface area (Å²) in [7, 11) is 0. The molecule has 0 saturated carbocycles. The lowest BCUT2D eigenvalue weighted by molar-refractivity contribution is -0.174. The lowest BCUT2D eigenvalue weighted by atomic mass is 9.82. The molecule has 4 nitrogen and oxygen atoms in total. The van der Waals surface area contributed by atoms with E-state index in [1.165, 1.54) is 0 Å². The zero-order valence-corrected chi connectivity index (χ0v) is 15.0. The minimum Gasteiger partial charge on any atom is -0.390 e. The van der Waals surface area contributed by atoms with Crippen LogP contribution in [0.3, 0.4) is 0 Å². The van der Waals surface area contributed by atoms with Crippen molar-refractivity contribution in [2.24, 2.45) is 0 Å². The molecule has 1 unspecified atom stereocenters. The first-order valence-corrected chi connectivity index (χ1v) is 9.86. The molecule has 4 rings (SSSR count). The van der Waals surface area contributed by atoms with Crippen LogP contribution in [0.1, 0.15) is 36.0 Å². The molecule has 3 heterocycles. The highest BCUT2D eigenvalue weighted by Gasteiger charge is 2.44. The van der Waals surface area contributed by atoms with E-state index in [1.54, 1.807) is 11.3 Å². The summed E-state index contributed by atoms with van der Waals surface area (Å²) >= 11 is 1.66. The Morgan fingerprint density at radius 1 is 1.24 bits per heavy atom. The Hall–Kier alpha value is -1.69. The fourth-order valence-electron chi connectivity index (χ4n) is 3.92. The topological polar surface area (TPSA) is 49.8 Å². The Labute approximate surface area is 152 Å². The predicted molar refractivity (Wildman–Crippen MR) is 98.8 cm³/mol. The van der Waals surface area contributed by atoms with Crippen LogP contribution in [0.4, 0.5) is 0 Å². The van der Waals surface area contributed by atoms with Crippen molar-refractivity contribution in [3.63, 3.8) is 0 Å². The molecule has 0 aliphatic carbocycles. The zero-order chi connectivity index (χ0) is 17.3. The van der Waals surface area contributed by atoms with E-state index in [0.29, 0.717) is 32.5 Å². The Kier molecular flexibility index (Phi) is 4.63. The molecule has 25 heavy (non-hydrogen) atoms. The van der Waals surface area contributed by atoms with Crippen molar-refractivity contribution in [1.29, 1.82) is 0 Å². The van der Waals surface area contributed by atoms with Crippen molar-refractivity contribution < 1.29 is 14.6 Å². The SMILES string of the molecule is O=C(c1cccc(-c2ccsc2)c1)N1CCC2(CC1)OCCCC2O. The fraction of sp³-hybridized carbons (Fsp3) is 0.450. The first-order chi connectivity index (χ1) is 12.2. The number of nitrogens with zero attached hydrogens (tertiary/aromatic N) is 1. The van der Waals surface area contributed by atoms with Gasteiger partial charge in [0.15, 0.2) is 0 Å². The average Bonchev–Trinajstić information content (AvgIpc) is 3.19. The lowest BCUT2D eigenvalue weighted by Gasteiger charge is -2.46. The van der Waals surface area contributed by atoms with E-state index < -0.39 is 11.7 Å². The molecule has 1 amide bonds. The standard InChI is InChI=1S/C20H23NO3S/c22-18-5-2-11-24-20(18)7-9-21(10-8-20)19(23)16-4-1-3-15(13-16)17-6-12-25-14-17/h1,3-4,6,12-14,18,22H,2,5,7-11H2. The summed E-state index contributed by atoms with van der Waals surface area (Å²) in [5.41, 5.74) is 2.51. The van der Waals surface area contributed by atoms with E-state index in [9.17, 15) is 9.90 Å². The first-order valence-electron chi connectivity index (χ1n) is 8.92. The molecule has 2 aliphatic rings. The van der Waals surface area contributed by atoms with Gasteiger partial charge in [0.1, 0.15) is 0 Å². The normalized spacial score (nSPS) is 22.9. The first kappa shape index (κ1) is 16.8. The average molecular weight is 357 g/mol. The van der Waals surface area contributed by atoms with Gasteiger partial charge in [-0.3, -0.25) is 4.79 Å². The smallest absolute Gasteiger partial charge is 0.253 e. The lowest BCUT2D eigenvalue weighted by Crippen LogP contribution is -2.56. The van der Waals surface area contributed by atoms with Gasteiger partial charge in [-0.05, 0) is 65.8 Å². The highest BCUT2D eigenvalue weighted by molar-refractivity contribution is 7.08. The molecule has 132 valence electrons. The third-order valence-electron chi connectivity index (χ3n) is 5.48. The van der Waals surface area contributed by atoms with Crippen LogP contribution in [-0.4, -0.2) is 47.3 Å². The minimum atomic E-state index is -0.437. The van der Waals surface area contributed by atoms with Crippen LogP contribution in [0, 0.1) is 0 Å². The maximum absolute atomic E-state index is 12.9. The third kappa shape index (κ3) is 3.24. The second-order valence-corrected chi connectivity index (χ2v) is 7.74. The molecule has 2 saturated heterocycles. The van der Waals surface area contributed by atoms with Crippen LogP contribution >= 0.6 is 11.3 Å². The van der Waals surface area contributed by atoms with Crippen LogP contribution in [0.5, 0.6) is 0 Å². The number of aliphatic hydroxyl groups is 1. The maximum Gasteiger partial charge on any atom is 0.253 e. The highest BCUT2D eigenvalue weighted by Crippen LogP contribution is 2.35. The third-order valence-corrected chi connectivity index (χ3v) is 6.16. The largest absolute Gasteiger partial charge is 0.390 e. The molecular formula is C20H23NO3S. The van der Waals surface area contributed by atoms with Gasteiger partial charge in [-0.2, -0.15) is 11.3 Å². The van der Waals surface area contributed by atoms with Gasteiger partial charge in [0.25, 0.3) is 5.91 Å². The van der Waals surface area contributed by atoms with Crippen molar-refractivity contribution >= 4 is 17.2 Å². The number of thiophene rings is 1. The van der Waals surface area contributed by atoms with E-state index in [-0.39, 0.29) is 5.91 Å². The van der Waals surface area contributed by atoms with Crippen molar-refractivity contribution in [2.45, 2.75) is 37.4 Å². The van der Waals surface area contributed by atoms with E-state index >= 15 is 0 Å². The quantitative estimate of drug-likeness (QED) is 0.894. The van der Waals surface area contributed by atoms with Crippen LogP contribution in [0.2, 0.25) is 0 Å². The molecule has 1 atom stereocenters. The van der Waals surface area contributed by atoms with Crippen molar-refractivity contribution in [2.75, 3.05) is 19.7 Å². The molecule has 1 spiro atoms. The number of likely N-dealkylation sites (tertiary alicyclic amines) is 1. The van der Waals surface area contributed by atoms with E-state index in [1.807, 2.05) is 34.5 Å². The van der Waals surface area contributed by atoms with Crippen LogP contribution < -0.4 is 0 Å². The molecule has 1 aromatic heterocycles. The molecule has 2 aromatic rings. The van der Waals surface area contributed by atoms with E-state index in [0.717, 1.165) is 29.5 Å². The van der Waals surface area contributed by atoms with E-state index in [4.69, 9.17) is 4.74 Å². The van der Waals surface area contributed by atoms with Gasteiger partial charge < -0.3 is 14.7 Å². The van der Waals surface area contributed by atoms with Crippen molar-refractivity contribution in [3.8, 4) is 11.1 Å². The van der Waals surface area contributed by atoms with Crippen LogP contribution in [0.25, 0.3) is 11.1 Å². The zero-order valence-electron chi connectivity index (χ0n) is 14.2. The summed E-state index contributed by atoms with van der Waals surface area (Å²) < 4.78 is 5.93. The van der Waals surface area contributed by atoms with Gasteiger partial charge in [0.05, 0.1) is 11.7 Å². The number of amides is 1. The molecule has 1 aromatic carbocycles. The van der Waals surface area contributed by atoms with Crippen molar-refractivity contribution in [3.05, 3.63) is 46.7 Å². The predicted octanol–water partition coefficient (Wildman–Crippen LogP) is 3.56. The molecule has 5 heteroatoms. The minimum absolute atomic E-state index is 0.0669. The summed E-state index contributed by atoms with van der Waals surface area (Å²) in [6, 6.07) is 9.91. The van der Waals surface area contributed by atoms with Crippen molar-refractivity contribution in [1.82, 2.24) is 4.90 Å². The molecule has 0 radical (unpaired) electrons. The highest BCUT2D eigenvalue weighted by atomic mass is 32.1. The molecule has 1 N–H and O–H groups in total. The van der Waals surface area contributed by atoms with Gasteiger partial charge in [-0.25, -0.2) is 0 Å². The van der Waals surface area contributed by atoms with Crippen LogP contribution in [0.15, 0.2) is 41.1 Å². The summed E-state index contributed by atoms with van der Waals surface area (Å²) in [6.07, 6.45) is 2.74. The van der Waals surface area contributed by atoms with Gasteiger partial charge >= 0.3 is 0 Å².